The lowest BCUT2D eigenvalue weighted by atomic mass is 9.87. The molecule has 176 valence electrons. The number of amides is 1. The summed E-state index contributed by atoms with van der Waals surface area (Å²) in [6.07, 6.45) is 1.22. The van der Waals surface area contributed by atoms with Gasteiger partial charge in [0.2, 0.25) is 5.91 Å². The number of hydrogen-bond acceptors (Lipinski definition) is 2. The second-order valence-corrected chi connectivity index (χ2v) is 8.84. The van der Waals surface area contributed by atoms with Crippen LogP contribution in [0.4, 0.5) is 13.2 Å². The van der Waals surface area contributed by atoms with Crippen LogP contribution in [0.3, 0.4) is 0 Å². The van der Waals surface area contributed by atoms with Crippen molar-refractivity contribution in [2.24, 2.45) is 7.05 Å². The minimum absolute atomic E-state index is 0.0926. The summed E-state index contributed by atoms with van der Waals surface area (Å²) < 4.78 is 42.2. The lowest BCUT2D eigenvalue weighted by Crippen LogP contribution is -2.38. The van der Waals surface area contributed by atoms with Gasteiger partial charge in [0.15, 0.2) is 0 Å². The molecular formula is C26H30F3N3O. The lowest BCUT2D eigenvalue weighted by Gasteiger charge is -2.26. The van der Waals surface area contributed by atoms with E-state index in [1.807, 2.05) is 42.1 Å². The number of likely N-dealkylation sites (tertiary alicyclic amines) is 1. The minimum atomic E-state index is -4.43. The molecule has 0 bridgehead atoms. The molecule has 0 aliphatic carbocycles. The standard InChI is InChI=1S/C26H30F3N3O/c1-31-18-23(21-10-3-4-11-24(21)31)22(19-8-7-9-20(16-19)26(27,28)29)17-25(33)30-12-15-32-13-5-2-6-14-32/h3-4,7-11,16,18,22H,2,5-6,12-15,17H2,1H3,(H,30,33)/t22-/m1/s1. The summed E-state index contributed by atoms with van der Waals surface area (Å²) in [5.74, 6) is -0.629. The van der Waals surface area contributed by atoms with Gasteiger partial charge in [-0.15, -0.1) is 0 Å². The van der Waals surface area contributed by atoms with Gasteiger partial charge in [0.05, 0.1) is 5.56 Å². The minimum Gasteiger partial charge on any atom is -0.355 e. The summed E-state index contributed by atoms with van der Waals surface area (Å²) in [6.45, 7) is 3.45. The van der Waals surface area contributed by atoms with Crippen LogP contribution in [0, 0.1) is 0 Å². The van der Waals surface area contributed by atoms with Crippen LogP contribution in [0.2, 0.25) is 0 Å². The van der Waals surface area contributed by atoms with Gasteiger partial charge in [0.1, 0.15) is 0 Å². The number of fused-ring (bicyclic) bond motifs is 1. The molecule has 2 heterocycles. The molecule has 1 aromatic heterocycles. The molecule has 0 radical (unpaired) electrons. The molecule has 1 atom stereocenters. The fourth-order valence-electron chi connectivity index (χ4n) is 4.78. The Kier molecular flexibility index (Phi) is 7.08. The highest BCUT2D eigenvalue weighted by molar-refractivity contribution is 5.86. The smallest absolute Gasteiger partial charge is 0.355 e. The number of benzene rings is 2. The summed E-state index contributed by atoms with van der Waals surface area (Å²) in [5.41, 5.74) is 1.64. The summed E-state index contributed by atoms with van der Waals surface area (Å²) in [6, 6.07) is 13.1. The third-order valence-corrected chi connectivity index (χ3v) is 6.51. The molecule has 1 amide bonds. The van der Waals surface area contributed by atoms with Crippen molar-refractivity contribution in [1.82, 2.24) is 14.8 Å². The highest BCUT2D eigenvalue weighted by atomic mass is 19.4. The van der Waals surface area contributed by atoms with E-state index in [0.717, 1.165) is 42.2 Å². The van der Waals surface area contributed by atoms with E-state index in [9.17, 15) is 18.0 Å². The summed E-state index contributed by atoms with van der Waals surface area (Å²) in [4.78, 5) is 15.3. The fraction of sp³-hybridized carbons (Fsp3) is 0.423. The van der Waals surface area contributed by atoms with Crippen LogP contribution in [0.5, 0.6) is 0 Å². The number of aromatic nitrogens is 1. The van der Waals surface area contributed by atoms with Gasteiger partial charge < -0.3 is 14.8 Å². The molecule has 1 saturated heterocycles. The summed E-state index contributed by atoms with van der Waals surface area (Å²) in [5, 5.41) is 3.94. The maximum absolute atomic E-state index is 13.4. The molecule has 1 aliphatic rings. The predicted octanol–water partition coefficient (Wildman–Crippen LogP) is 5.32. The molecule has 1 aliphatic heterocycles. The molecule has 7 heteroatoms. The van der Waals surface area contributed by atoms with Gasteiger partial charge in [-0.25, -0.2) is 0 Å². The Bertz CT molecular complexity index is 1100. The van der Waals surface area contributed by atoms with E-state index in [-0.39, 0.29) is 12.3 Å². The molecule has 0 saturated carbocycles. The van der Waals surface area contributed by atoms with Crippen molar-refractivity contribution < 1.29 is 18.0 Å². The van der Waals surface area contributed by atoms with E-state index in [1.54, 1.807) is 6.07 Å². The Labute approximate surface area is 192 Å². The van der Waals surface area contributed by atoms with Gasteiger partial charge in [-0.05, 0) is 49.2 Å². The first kappa shape index (κ1) is 23.4. The molecule has 2 aromatic carbocycles. The first-order chi connectivity index (χ1) is 15.8. The molecule has 4 rings (SSSR count). The average molecular weight is 458 g/mol. The number of rotatable bonds is 7. The monoisotopic (exact) mass is 457 g/mol. The largest absolute Gasteiger partial charge is 0.416 e. The Morgan fingerprint density at radius 2 is 1.82 bits per heavy atom. The summed E-state index contributed by atoms with van der Waals surface area (Å²) >= 11 is 0. The van der Waals surface area contributed by atoms with Crippen molar-refractivity contribution in [3.05, 3.63) is 71.4 Å². The molecular weight excluding hydrogens is 427 g/mol. The van der Waals surface area contributed by atoms with Crippen molar-refractivity contribution >= 4 is 16.8 Å². The van der Waals surface area contributed by atoms with Crippen molar-refractivity contribution in [1.29, 1.82) is 0 Å². The molecule has 0 spiro atoms. The maximum atomic E-state index is 13.4. The van der Waals surface area contributed by atoms with E-state index in [2.05, 4.69) is 10.2 Å². The van der Waals surface area contributed by atoms with Gasteiger partial charge in [-0.3, -0.25) is 4.79 Å². The molecule has 3 aromatic rings. The number of alkyl halides is 3. The Morgan fingerprint density at radius 1 is 1.06 bits per heavy atom. The van der Waals surface area contributed by atoms with E-state index >= 15 is 0 Å². The molecule has 1 fully saturated rings. The Morgan fingerprint density at radius 3 is 2.58 bits per heavy atom. The van der Waals surface area contributed by atoms with Gasteiger partial charge in [-0.1, -0.05) is 42.8 Å². The molecule has 33 heavy (non-hydrogen) atoms. The van der Waals surface area contributed by atoms with E-state index in [0.29, 0.717) is 12.1 Å². The number of carbonyl (C=O) groups excluding carboxylic acids is 1. The van der Waals surface area contributed by atoms with Crippen molar-refractivity contribution in [2.45, 2.75) is 37.8 Å². The number of para-hydroxylation sites is 1. The van der Waals surface area contributed by atoms with Gasteiger partial charge in [0.25, 0.3) is 0 Å². The van der Waals surface area contributed by atoms with E-state index in [1.165, 1.54) is 31.4 Å². The third-order valence-electron chi connectivity index (χ3n) is 6.51. The lowest BCUT2D eigenvalue weighted by molar-refractivity contribution is -0.137. The van der Waals surface area contributed by atoms with Crippen LogP contribution in [0.1, 0.15) is 48.3 Å². The third kappa shape index (κ3) is 5.58. The zero-order valence-corrected chi connectivity index (χ0v) is 18.9. The molecule has 0 unspecified atom stereocenters. The normalized spacial score (nSPS) is 16.1. The second-order valence-electron chi connectivity index (χ2n) is 8.84. The number of carbonyl (C=O) groups is 1. The first-order valence-electron chi connectivity index (χ1n) is 11.5. The van der Waals surface area contributed by atoms with Crippen LogP contribution in [-0.4, -0.2) is 41.6 Å². The quantitative estimate of drug-likeness (QED) is 0.521. The maximum Gasteiger partial charge on any atom is 0.416 e. The zero-order valence-electron chi connectivity index (χ0n) is 18.9. The van der Waals surface area contributed by atoms with Crippen molar-refractivity contribution in [3.8, 4) is 0 Å². The van der Waals surface area contributed by atoms with Gasteiger partial charge in [0, 0.05) is 49.6 Å². The SMILES string of the molecule is Cn1cc([C@H](CC(=O)NCCN2CCCCC2)c2cccc(C(F)(F)F)c2)c2ccccc21. The average Bonchev–Trinajstić information content (AvgIpc) is 3.14. The molecule has 4 nitrogen and oxygen atoms in total. The van der Waals surface area contributed by atoms with Crippen LogP contribution in [0.25, 0.3) is 10.9 Å². The highest BCUT2D eigenvalue weighted by Crippen LogP contribution is 2.37. The van der Waals surface area contributed by atoms with Crippen molar-refractivity contribution in [3.63, 3.8) is 0 Å². The predicted molar refractivity (Wildman–Crippen MR) is 124 cm³/mol. The van der Waals surface area contributed by atoms with Crippen LogP contribution in [0.15, 0.2) is 54.7 Å². The first-order valence-corrected chi connectivity index (χ1v) is 11.5. The summed E-state index contributed by atoms with van der Waals surface area (Å²) in [7, 11) is 1.91. The van der Waals surface area contributed by atoms with Crippen molar-refractivity contribution in [2.75, 3.05) is 26.2 Å². The van der Waals surface area contributed by atoms with E-state index in [4.69, 9.17) is 0 Å². The number of hydrogen-bond donors (Lipinski definition) is 1. The number of piperidine rings is 1. The molecule has 1 N–H and O–H groups in total. The number of halogens is 3. The van der Waals surface area contributed by atoms with Crippen LogP contribution >= 0.6 is 0 Å². The second kappa shape index (κ2) is 10.00. The van der Waals surface area contributed by atoms with Crippen LogP contribution < -0.4 is 5.32 Å². The fourth-order valence-corrected chi connectivity index (χ4v) is 4.78. The van der Waals surface area contributed by atoms with Gasteiger partial charge in [-0.2, -0.15) is 13.2 Å². The Balaban J connectivity index is 1.58. The highest BCUT2D eigenvalue weighted by Gasteiger charge is 2.32. The zero-order chi connectivity index (χ0) is 23.4. The Hall–Kier alpha value is -2.80. The van der Waals surface area contributed by atoms with E-state index < -0.39 is 17.7 Å². The topological polar surface area (TPSA) is 37.3 Å². The van der Waals surface area contributed by atoms with Crippen LogP contribution in [-0.2, 0) is 18.0 Å². The number of nitrogens with one attached hydrogen (secondary N) is 1. The number of aryl methyl sites for hydroxylation is 1. The number of nitrogens with zero attached hydrogens (tertiary/aromatic N) is 2. The van der Waals surface area contributed by atoms with Gasteiger partial charge >= 0.3 is 6.18 Å².